The van der Waals surface area contributed by atoms with Gasteiger partial charge < -0.3 is 10.1 Å². The Morgan fingerprint density at radius 2 is 2.21 bits per heavy atom. The summed E-state index contributed by atoms with van der Waals surface area (Å²) in [4.78, 5) is 11.6. The zero-order valence-electron chi connectivity index (χ0n) is 9.21. The van der Waals surface area contributed by atoms with Crippen molar-refractivity contribution in [2.75, 3.05) is 13.2 Å². The monoisotopic (exact) mass is 199 g/mol. The third-order valence-electron chi connectivity index (χ3n) is 2.40. The van der Waals surface area contributed by atoms with Crippen molar-refractivity contribution in [1.29, 1.82) is 0 Å². The Labute approximate surface area is 86.2 Å². The minimum Gasteiger partial charge on any atom is -0.464 e. The molecule has 1 saturated heterocycles. The number of nitrogens with one attached hydrogen (secondary N) is 1. The number of hydrogen-bond donors (Lipinski definition) is 1. The maximum atomic E-state index is 11.6. The van der Waals surface area contributed by atoms with E-state index in [1.165, 1.54) is 12.8 Å². The van der Waals surface area contributed by atoms with Crippen LogP contribution < -0.4 is 5.32 Å². The third-order valence-corrected chi connectivity index (χ3v) is 2.40. The molecule has 3 heteroatoms. The van der Waals surface area contributed by atoms with Crippen LogP contribution in [0.5, 0.6) is 0 Å². The Morgan fingerprint density at radius 1 is 1.43 bits per heavy atom. The Balaban J connectivity index is 2.27. The van der Waals surface area contributed by atoms with Crippen molar-refractivity contribution in [3.63, 3.8) is 0 Å². The molecule has 1 N–H and O–H groups in total. The van der Waals surface area contributed by atoms with Gasteiger partial charge in [0, 0.05) is 0 Å². The molecule has 0 aromatic rings. The Kier molecular flexibility index (Phi) is 4.94. The smallest absolute Gasteiger partial charge is 0.323 e. The molecule has 14 heavy (non-hydrogen) atoms. The average Bonchev–Trinajstić information content (AvgIpc) is 2.42. The molecule has 0 aliphatic carbocycles. The van der Waals surface area contributed by atoms with E-state index in [0.717, 1.165) is 19.4 Å². The highest BCUT2D eigenvalue weighted by Gasteiger charge is 2.20. The molecule has 1 rings (SSSR count). The maximum Gasteiger partial charge on any atom is 0.323 e. The fraction of sp³-hybridized carbons (Fsp3) is 0.909. The molecule has 0 aromatic carbocycles. The molecule has 1 atom stereocenters. The standard InChI is InChI=1S/C11H21NO2/c1-9(2)8-14-11(13)10-6-4-3-5-7-12-10/h9-10,12H,3-8H2,1-2H3. The van der Waals surface area contributed by atoms with Gasteiger partial charge in [-0.3, -0.25) is 4.79 Å². The predicted molar refractivity (Wildman–Crippen MR) is 56.1 cm³/mol. The molecule has 1 heterocycles. The SMILES string of the molecule is CC(C)COC(=O)C1CCCCCN1. The van der Waals surface area contributed by atoms with Crippen molar-refractivity contribution in [2.24, 2.45) is 5.92 Å². The molecule has 1 aliphatic heterocycles. The molecule has 1 aliphatic rings. The highest BCUT2D eigenvalue weighted by atomic mass is 16.5. The molecule has 1 unspecified atom stereocenters. The van der Waals surface area contributed by atoms with Crippen LogP contribution in [0.1, 0.15) is 39.5 Å². The van der Waals surface area contributed by atoms with E-state index in [1.807, 2.05) is 13.8 Å². The maximum absolute atomic E-state index is 11.6. The van der Waals surface area contributed by atoms with Crippen LogP contribution in [0, 0.1) is 5.92 Å². The van der Waals surface area contributed by atoms with Gasteiger partial charge in [0.1, 0.15) is 6.04 Å². The van der Waals surface area contributed by atoms with Crippen LogP contribution in [-0.4, -0.2) is 25.2 Å². The molecule has 0 saturated carbocycles. The highest BCUT2D eigenvalue weighted by molar-refractivity contribution is 5.75. The normalized spacial score (nSPS) is 23.2. The molecule has 0 radical (unpaired) electrons. The van der Waals surface area contributed by atoms with E-state index < -0.39 is 0 Å². The topological polar surface area (TPSA) is 38.3 Å². The molecule has 3 nitrogen and oxygen atoms in total. The second-order valence-electron chi connectivity index (χ2n) is 4.38. The van der Waals surface area contributed by atoms with Gasteiger partial charge in [-0.1, -0.05) is 26.7 Å². The number of carbonyl (C=O) groups is 1. The number of esters is 1. The predicted octanol–water partition coefficient (Wildman–Crippen LogP) is 1.72. The fourth-order valence-corrected chi connectivity index (χ4v) is 1.58. The highest BCUT2D eigenvalue weighted by Crippen LogP contribution is 2.09. The first-order valence-corrected chi connectivity index (χ1v) is 5.60. The van der Waals surface area contributed by atoms with E-state index in [0.29, 0.717) is 12.5 Å². The molecule has 0 bridgehead atoms. The van der Waals surface area contributed by atoms with Crippen molar-refractivity contribution < 1.29 is 9.53 Å². The van der Waals surface area contributed by atoms with E-state index in [1.54, 1.807) is 0 Å². The van der Waals surface area contributed by atoms with Crippen LogP contribution in [0.25, 0.3) is 0 Å². The van der Waals surface area contributed by atoms with E-state index in [4.69, 9.17) is 4.74 Å². The molecule has 82 valence electrons. The van der Waals surface area contributed by atoms with Gasteiger partial charge in [-0.05, 0) is 25.3 Å². The van der Waals surface area contributed by atoms with Gasteiger partial charge in [0.05, 0.1) is 6.61 Å². The number of carbonyl (C=O) groups excluding carboxylic acids is 1. The zero-order chi connectivity index (χ0) is 10.4. The van der Waals surface area contributed by atoms with E-state index in [-0.39, 0.29) is 12.0 Å². The molecule has 0 spiro atoms. The van der Waals surface area contributed by atoms with Crippen LogP contribution in [-0.2, 0) is 9.53 Å². The summed E-state index contributed by atoms with van der Waals surface area (Å²) in [5.74, 6) is 0.352. The lowest BCUT2D eigenvalue weighted by molar-refractivity contribution is -0.147. The first-order chi connectivity index (χ1) is 6.70. The second kappa shape index (κ2) is 6.02. The lowest BCUT2D eigenvalue weighted by atomic mass is 10.1. The fourth-order valence-electron chi connectivity index (χ4n) is 1.58. The lowest BCUT2D eigenvalue weighted by Gasteiger charge is -2.15. The van der Waals surface area contributed by atoms with Crippen molar-refractivity contribution in [2.45, 2.75) is 45.6 Å². The lowest BCUT2D eigenvalue weighted by Crippen LogP contribution is -2.37. The van der Waals surface area contributed by atoms with Crippen molar-refractivity contribution in [1.82, 2.24) is 5.32 Å². The number of hydrogen-bond acceptors (Lipinski definition) is 3. The summed E-state index contributed by atoms with van der Waals surface area (Å²) < 4.78 is 5.20. The van der Waals surface area contributed by atoms with Gasteiger partial charge in [-0.2, -0.15) is 0 Å². The molecule has 0 amide bonds. The van der Waals surface area contributed by atoms with Gasteiger partial charge in [0.25, 0.3) is 0 Å². The van der Waals surface area contributed by atoms with Crippen molar-refractivity contribution in [3.8, 4) is 0 Å². The van der Waals surface area contributed by atoms with Crippen LogP contribution >= 0.6 is 0 Å². The van der Waals surface area contributed by atoms with Crippen molar-refractivity contribution >= 4 is 5.97 Å². The summed E-state index contributed by atoms with van der Waals surface area (Å²) in [6, 6.07) is -0.0590. The zero-order valence-corrected chi connectivity index (χ0v) is 9.21. The minimum atomic E-state index is -0.0689. The van der Waals surface area contributed by atoms with E-state index in [9.17, 15) is 4.79 Å². The average molecular weight is 199 g/mol. The molecule has 0 aromatic heterocycles. The molecular weight excluding hydrogens is 178 g/mol. The van der Waals surface area contributed by atoms with E-state index >= 15 is 0 Å². The molecular formula is C11H21NO2. The van der Waals surface area contributed by atoms with Crippen molar-refractivity contribution in [3.05, 3.63) is 0 Å². The third kappa shape index (κ3) is 4.09. The van der Waals surface area contributed by atoms with Gasteiger partial charge in [0.2, 0.25) is 0 Å². The van der Waals surface area contributed by atoms with Gasteiger partial charge in [-0.25, -0.2) is 0 Å². The summed E-state index contributed by atoms with van der Waals surface area (Å²) in [5, 5.41) is 3.23. The first-order valence-electron chi connectivity index (χ1n) is 5.60. The Bertz CT molecular complexity index is 172. The Morgan fingerprint density at radius 3 is 2.93 bits per heavy atom. The van der Waals surface area contributed by atoms with Gasteiger partial charge in [0.15, 0.2) is 0 Å². The summed E-state index contributed by atoms with van der Waals surface area (Å²) in [6.07, 6.45) is 4.46. The van der Waals surface area contributed by atoms with Crippen LogP contribution in [0.4, 0.5) is 0 Å². The van der Waals surface area contributed by atoms with Gasteiger partial charge in [-0.15, -0.1) is 0 Å². The molecule has 1 fully saturated rings. The number of rotatable bonds is 3. The quantitative estimate of drug-likeness (QED) is 0.703. The largest absolute Gasteiger partial charge is 0.464 e. The van der Waals surface area contributed by atoms with Crippen LogP contribution in [0.2, 0.25) is 0 Å². The van der Waals surface area contributed by atoms with E-state index in [2.05, 4.69) is 5.32 Å². The Hall–Kier alpha value is -0.570. The van der Waals surface area contributed by atoms with Crippen LogP contribution in [0.15, 0.2) is 0 Å². The summed E-state index contributed by atoms with van der Waals surface area (Å²) in [7, 11) is 0. The summed E-state index contributed by atoms with van der Waals surface area (Å²) in [6.45, 7) is 5.58. The summed E-state index contributed by atoms with van der Waals surface area (Å²) in [5.41, 5.74) is 0. The minimum absolute atomic E-state index is 0.0590. The van der Waals surface area contributed by atoms with Crippen LogP contribution in [0.3, 0.4) is 0 Å². The number of ether oxygens (including phenoxy) is 1. The second-order valence-corrected chi connectivity index (χ2v) is 4.38. The summed E-state index contributed by atoms with van der Waals surface area (Å²) >= 11 is 0. The first kappa shape index (κ1) is 11.5. The van der Waals surface area contributed by atoms with Gasteiger partial charge >= 0.3 is 5.97 Å².